The van der Waals surface area contributed by atoms with E-state index in [0.29, 0.717) is 18.7 Å². The molecule has 1 aliphatic heterocycles. The summed E-state index contributed by atoms with van der Waals surface area (Å²) in [7, 11) is 1.37. The van der Waals surface area contributed by atoms with Crippen LogP contribution in [0.1, 0.15) is 12.8 Å². The maximum Gasteiger partial charge on any atom is 0.305 e. The predicted molar refractivity (Wildman–Crippen MR) is 63.3 cm³/mol. The van der Waals surface area contributed by atoms with Crippen LogP contribution in [-0.2, 0) is 9.53 Å². The van der Waals surface area contributed by atoms with Crippen molar-refractivity contribution in [1.82, 2.24) is 0 Å². The van der Waals surface area contributed by atoms with Crippen molar-refractivity contribution < 1.29 is 18.3 Å². The third-order valence-electron chi connectivity index (χ3n) is 3.24. The predicted octanol–water partition coefficient (Wildman–Crippen LogP) is 2.35. The Morgan fingerprint density at radius 2 is 2.22 bits per heavy atom. The molecule has 5 heteroatoms. The van der Waals surface area contributed by atoms with Crippen LogP contribution in [-0.4, -0.2) is 26.2 Å². The standard InChI is InChI=1S/C13H15F2NO2/c1-18-13(17)6-9-4-5-16(8-9)10-2-3-11(14)12(15)7-10/h2-3,7,9H,4-6,8H2,1H3. The third-order valence-corrected chi connectivity index (χ3v) is 3.24. The molecule has 0 aromatic heterocycles. The maximum absolute atomic E-state index is 13.1. The molecule has 0 aliphatic carbocycles. The molecule has 1 heterocycles. The van der Waals surface area contributed by atoms with Gasteiger partial charge >= 0.3 is 5.97 Å². The van der Waals surface area contributed by atoms with Crippen LogP contribution in [0.4, 0.5) is 14.5 Å². The van der Waals surface area contributed by atoms with E-state index in [1.165, 1.54) is 13.2 Å². The number of esters is 1. The molecule has 0 radical (unpaired) electrons. The molecule has 2 rings (SSSR count). The van der Waals surface area contributed by atoms with Gasteiger partial charge in [0.05, 0.1) is 13.5 Å². The number of methoxy groups -OCH3 is 1. The zero-order chi connectivity index (χ0) is 13.1. The van der Waals surface area contributed by atoms with Crippen LogP contribution in [0.3, 0.4) is 0 Å². The Morgan fingerprint density at radius 3 is 2.89 bits per heavy atom. The molecule has 1 aromatic carbocycles. The summed E-state index contributed by atoms with van der Waals surface area (Å²) in [5.74, 6) is -1.70. The minimum atomic E-state index is -0.844. The van der Waals surface area contributed by atoms with Crippen molar-refractivity contribution in [2.24, 2.45) is 5.92 Å². The number of carbonyl (C=O) groups is 1. The fourth-order valence-corrected chi connectivity index (χ4v) is 2.23. The van der Waals surface area contributed by atoms with Gasteiger partial charge in [-0.1, -0.05) is 0 Å². The number of ether oxygens (including phenoxy) is 1. The quantitative estimate of drug-likeness (QED) is 0.776. The number of hydrogen-bond acceptors (Lipinski definition) is 3. The van der Waals surface area contributed by atoms with Crippen molar-refractivity contribution in [2.45, 2.75) is 12.8 Å². The van der Waals surface area contributed by atoms with Gasteiger partial charge in [-0.2, -0.15) is 0 Å². The highest BCUT2D eigenvalue weighted by Gasteiger charge is 2.25. The van der Waals surface area contributed by atoms with E-state index in [9.17, 15) is 13.6 Å². The van der Waals surface area contributed by atoms with Crippen molar-refractivity contribution in [3.05, 3.63) is 29.8 Å². The van der Waals surface area contributed by atoms with Gasteiger partial charge in [-0.05, 0) is 24.5 Å². The van der Waals surface area contributed by atoms with Gasteiger partial charge in [0.25, 0.3) is 0 Å². The smallest absolute Gasteiger partial charge is 0.305 e. The van der Waals surface area contributed by atoms with Crippen LogP contribution in [0.25, 0.3) is 0 Å². The lowest BCUT2D eigenvalue weighted by Crippen LogP contribution is -2.20. The molecular formula is C13H15F2NO2. The van der Waals surface area contributed by atoms with E-state index in [1.807, 2.05) is 4.90 Å². The highest BCUT2D eigenvalue weighted by molar-refractivity contribution is 5.69. The van der Waals surface area contributed by atoms with Crippen LogP contribution < -0.4 is 4.90 Å². The number of anilines is 1. The molecule has 1 atom stereocenters. The van der Waals surface area contributed by atoms with Gasteiger partial charge in [-0.25, -0.2) is 8.78 Å². The highest BCUT2D eigenvalue weighted by Crippen LogP contribution is 2.26. The summed E-state index contributed by atoms with van der Waals surface area (Å²) < 4.78 is 30.6. The van der Waals surface area contributed by atoms with Gasteiger partial charge in [-0.3, -0.25) is 4.79 Å². The number of benzene rings is 1. The lowest BCUT2D eigenvalue weighted by atomic mass is 10.1. The fraction of sp³-hybridized carbons (Fsp3) is 0.462. The molecule has 0 bridgehead atoms. The zero-order valence-corrected chi connectivity index (χ0v) is 10.2. The van der Waals surface area contributed by atoms with Gasteiger partial charge in [0.2, 0.25) is 0 Å². The summed E-state index contributed by atoms with van der Waals surface area (Å²) in [6.07, 6.45) is 1.23. The Labute approximate surface area is 104 Å². The second kappa shape index (κ2) is 5.33. The average Bonchev–Trinajstić information content (AvgIpc) is 2.81. The van der Waals surface area contributed by atoms with E-state index in [4.69, 9.17) is 0 Å². The number of halogens is 2. The molecule has 0 spiro atoms. The molecular weight excluding hydrogens is 240 g/mol. The van der Waals surface area contributed by atoms with Crippen molar-refractivity contribution >= 4 is 11.7 Å². The van der Waals surface area contributed by atoms with E-state index in [2.05, 4.69) is 4.74 Å². The first kappa shape index (κ1) is 12.8. The second-order valence-electron chi connectivity index (χ2n) is 4.48. The van der Waals surface area contributed by atoms with E-state index in [-0.39, 0.29) is 11.9 Å². The Hall–Kier alpha value is -1.65. The van der Waals surface area contributed by atoms with Crippen LogP contribution in [0.5, 0.6) is 0 Å². The Balaban J connectivity index is 1.99. The van der Waals surface area contributed by atoms with E-state index in [1.54, 1.807) is 6.07 Å². The molecule has 0 N–H and O–H groups in total. The monoisotopic (exact) mass is 255 g/mol. The molecule has 1 aromatic rings. The van der Waals surface area contributed by atoms with Crippen LogP contribution in [0.15, 0.2) is 18.2 Å². The Kier molecular flexibility index (Phi) is 3.79. The van der Waals surface area contributed by atoms with Crippen LogP contribution in [0, 0.1) is 17.6 Å². The molecule has 1 aliphatic rings. The molecule has 0 amide bonds. The van der Waals surface area contributed by atoms with Gasteiger partial charge in [0.1, 0.15) is 0 Å². The van der Waals surface area contributed by atoms with Crippen molar-refractivity contribution in [3.63, 3.8) is 0 Å². The molecule has 0 saturated carbocycles. The van der Waals surface area contributed by atoms with Crippen LogP contribution in [0.2, 0.25) is 0 Å². The number of rotatable bonds is 3. The lowest BCUT2D eigenvalue weighted by molar-refractivity contribution is -0.141. The first-order valence-corrected chi connectivity index (χ1v) is 5.87. The van der Waals surface area contributed by atoms with Crippen molar-refractivity contribution in [2.75, 3.05) is 25.1 Å². The SMILES string of the molecule is COC(=O)CC1CCN(c2ccc(F)c(F)c2)C1. The van der Waals surface area contributed by atoms with Gasteiger partial charge in [0, 0.05) is 24.8 Å². The zero-order valence-electron chi connectivity index (χ0n) is 10.2. The first-order valence-electron chi connectivity index (χ1n) is 5.87. The molecule has 18 heavy (non-hydrogen) atoms. The van der Waals surface area contributed by atoms with E-state index >= 15 is 0 Å². The highest BCUT2D eigenvalue weighted by atomic mass is 19.2. The average molecular weight is 255 g/mol. The van der Waals surface area contributed by atoms with Gasteiger partial charge < -0.3 is 9.64 Å². The van der Waals surface area contributed by atoms with E-state index < -0.39 is 11.6 Å². The summed E-state index contributed by atoms with van der Waals surface area (Å²) in [6.45, 7) is 1.41. The normalized spacial score (nSPS) is 19.1. The maximum atomic E-state index is 13.1. The number of carbonyl (C=O) groups excluding carboxylic acids is 1. The Bertz CT molecular complexity index is 451. The molecule has 3 nitrogen and oxygen atoms in total. The summed E-state index contributed by atoms with van der Waals surface area (Å²) in [5, 5.41) is 0. The molecule has 1 unspecified atom stereocenters. The van der Waals surface area contributed by atoms with Gasteiger partial charge in [0.15, 0.2) is 11.6 Å². The topological polar surface area (TPSA) is 29.5 Å². The van der Waals surface area contributed by atoms with Crippen LogP contribution >= 0.6 is 0 Å². The summed E-state index contributed by atoms with van der Waals surface area (Å²) in [5.41, 5.74) is 0.654. The van der Waals surface area contributed by atoms with E-state index in [0.717, 1.165) is 19.0 Å². The number of hydrogen-bond donors (Lipinski definition) is 0. The first-order chi connectivity index (χ1) is 8.60. The summed E-state index contributed by atoms with van der Waals surface area (Å²) in [6, 6.07) is 3.87. The minimum absolute atomic E-state index is 0.213. The molecule has 1 fully saturated rings. The van der Waals surface area contributed by atoms with Gasteiger partial charge in [-0.15, -0.1) is 0 Å². The summed E-state index contributed by atoms with van der Waals surface area (Å²) in [4.78, 5) is 13.1. The Morgan fingerprint density at radius 1 is 1.44 bits per heavy atom. The minimum Gasteiger partial charge on any atom is -0.469 e. The molecule has 1 saturated heterocycles. The second-order valence-corrected chi connectivity index (χ2v) is 4.48. The third kappa shape index (κ3) is 2.78. The van der Waals surface area contributed by atoms with Crippen molar-refractivity contribution in [1.29, 1.82) is 0 Å². The molecule has 98 valence electrons. The van der Waals surface area contributed by atoms with Crippen molar-refractivity contribution in [3.8, 4) is 0 Å². The largest absolute Gasteiger partial charge is 0.469 e. The lowest BCUT2D eigenvalue weighted by Gasteiger charge is -2.18. The fourth-order valence-electron chi connectivity index (χ4n) is 2.23. The summed E-state index contributed by atoms with van der Waals surface area (Å²) >= 11 is 0. The number of nitrogens with zero attached hydrogens (tertiary/aromatic N) is 1.